The number of benzene rings is 1. The summed E-state index contributed by atoms with van der Waals surface area (Å²) in [7, 11) is 1.52. The summed E-state index contributed by atoms with van der Waals surface area (Å²) in [6.07, 6.45) is -1.31. The van der Waals surface area contributed by atoms with Crippen LogP contribution in [0.2, 0.25) is 5.15 Å². The number of H-pyrrole nitrogens is 1. The molecule has 0 spiro atoms. The van der Waals surface area contributed by atoms with Gasteiger partial charge >= 0.3 is 0 Å². The largest absolute Gasteiger partial charge is 0.492 e. The molecule has 0 unspecified atom stereocenters. The molecule has 0 aliphatic rings. The number of rotatable bonds is 5. The van der Waals surface area contributed by atoms with Crippen LogP contribution in [0.5, 0.6) is 5.75 Å². The number of aryl methyl sites for hydroxylation is 1. The maximum atomic E-state index is 13.0. The first kappa shape index (κ1) is 18.1. The number of fused-ring (bicyclic) bond motifs is 1. The quantitative estimate of drug-likeness (QED) is 0.483. The van der Waals surface area contributed by atoms with Crippen molar-refractivity contribution in [2.24, 2.45) is 0 Å². The minimum atomic E-state index is -2.76. The Morgan fingerprint density at radius 1 is 1.25 bits per heavy atom. The molecule has 8 nitrogen and oxygen atoms in total. The van der Waals surface area contributed by atoms with Gasteiger partial charge in [0.05, 0.1) is 18.5 Å². The molecule has 0 saturated heterocycles. The SMILES string of the molecule is COc1c(Nc2cc(Cl)nc3[nH]c(C(F)F)nc23)cccc1-n1ncnc1C. The lowest BCUT2D eigenvalue weighted by molar-refractivity contribution is 0.142. The minimum Gasteiger partial charge on any atom is -0.492 e. The summed E-state index contributed by atoms with van der Waals surface area (Å²) < 4.78 is 33.2. The van der Waals surface area contributed by atoms with E-state index in [-0.39, 0.29) is 16.3 Å². The monoisotopic (exact) mass is 405 g/mol. The predicted molar refractivity (Wildman–Crippen MR) is 99.8 cm³/mol. The van der Waals surface area contributed by atoms with E-state index in [9.17, 15) is 8.78 Å². The molecule has 1 aromatic carbocycles. The number of anilines is 2. The Balaban J connectivity index is 1.83. The number of hydrogen-bond acceptors (Lipinski definition) is 6. The number of pyridine rings is 1. The van der Waals surface area contributed by atoms with E-state index in [0.717, 1.165) is 0 Å². The van der Waals surface area contributed by atoms with Gasteiger partial charge < -0.3 is 15.0 Å². The van der Waals surface area contributed by atoms with Crippen LogP contribution in [-0.4, -0.2) is 36.8 Å². The fraction of sp³-hybridized carbons (Fsp3) is 0.176. The van der Waals surface area contributed by atoms with Crippen molar-refractivity contribution < 1.29 is 13.5 Å². The van der Waals surface area contributed by atoms with Gasteiger partial charge in [-0.2, -0.15) is 5.10 Å². The molecule has 11 heteroatoms. The Morgan fingerprint density at radius 3 is 2.75 bits per heavy atom. The van der Waals surface area contributed by atoms with Gasteiger partial charge in [0, 0.05) is 6.07 Å². The zero-order chi connectivity index (χ0) is 19.8. The van der Waals surface area contributed by atoms with Gasteiger partial charge in [-0.3, -0.25) is 0 Å². The molecule has 2 N–H and O–H groups in total. The molecule has 0 atom stereocenters. The number of aromatic nitrogens is 6. The zero-order valence-electron chi connectivity index (χ0n) is 14.7. The van der Waals surface area contributed by atoms with E-state index >= 15 is 0 Å². The van der Waals surface area contributed by atoms with Gasteiger partial charge in [-0.15, -0.1) is 0 Å². The van der Waals surface area contributed by atoms with E-state index in [1.165, 1.54) is 19.5 Å². The average molecular weight is 406 g/mol. The molecule has 4 rings (SSSR count). The Bertz CT molecular complexity index is 1160. The van der Waals surface area contributed by atoms with Crippen LogP contribution in [0.4, 0.5) is 20.2 Å². The molecule has 28 heavy (non-hydrogen) atoms. The van der Waals surface area contributed by atoms with Crippen LogP contribution in [0.1, 0.15) is 18.1 Å². The molecule has 144 valence electrons. The van der Waals surface area contributed by atoms with Crippen molar-refractivity contribution >= 4 is 34.1 Å². The first-order valence-electron chi connectivity index (χ1n) is 8.13. The molecule has 4 aromatic rings. The maximum Gasteiger partial charge on any atom is 0.295 e. The Labute approximate surface area is 162 Å². The lowest BCUT2D eigenvalue weighted by Gasteiger charge is -2.15. The third kappa shape index (κ3) is 3.11. The second kappa shape index (κ2) is 7.04. The van der Waals surface area contributed by atoms with Crippen molar-refractivity contribution in [3.8, 4) is 11.4 Å². The van der Waals surface area contributed by atoms with Crippen LogP contribution in [-0.2, 0) is 0 Å². The van der Waals surface area contributed by atoms with Crippen LogP contribution in [0.15, 0.2) is 30.6 Å². The highest BCUT2D eigenvalue weighted by atomic mass is 35.5. The first-order chi connectivity index (χ1) is 13.5. The van der Waals surface area contributed by atoms with Crippen molar-refractivity contribution in [2.75, 3.05) is 12.4 Å². The molecule has 0 bridgehead atoms. The number of alkyl halides is 2. The van der Waals surface area contributed by atoms with E-state index < -0.39 is 12.2 Å². The first-order valence-corrected chi connectivity index (χ1v) is 8.51. The highest BCUT2D eigenvalue weighted by Crippen LogP contribution is 2.36. The van der Waals surface area contributed by atoms with Gasteiger partial charge in [0.2, 0.25) is 0 Å². The fourth-order valence-electron chi connectivity index (χ4n) is 2.86. The number of methoxy groups -OCH3 is 1. The van der Waals surface area contributed by atoms with Crippen molar-refractivity contribution in [1.82, 2.24) is 29.7 Å². The molecular formula is C17H14ClF2N7O. The summed E-state index contributed by atoms with van der Waals surface area (Å²) in [5.41, 5.74) is 2.04. The second-order valence-electron chi connectivity index (χ2n) is 5.81. The summed E-state index contributed by atoms with van der Waals surface area (Å²) in [4.78, 5) is 14.5. The molecule has 0 fully saturated rings. The van der Waals surface area contributed by atoms with E-state index in [1.807, 2.05) is 13.0 Å². The standard InChI is InChI=1S/C17H14ClF2N7O/c1-8-21-7-22-27(8)11-5-3-4-9(14(11)28-2)23-10-6-12(18)24-16-13(10)25-17(26-16)15(19)20/h3-7,15H,1-2H3,(H2,23,24,25,26). The van der Waals surface area contributed by atoms with Crippen LogP contribution in [0, 0.1) is 6.92 Å². The number of aromatic amines is 1. The summed E-state index contributed by atoms with van der Waals surface area (Å²) in [6, 6.07) is 6.91. The smallest absolute Gasteiger partial charge is 0.295 e. The molecular weight excluding hydrogens is 392 g/mol. The molecule has 0 saturated carbocycles. The van der Waals surface area contributed by atoms with Crippen LogP contribution < -0.4 is 10.1 Å². The minimum absolute atomic E-state index is 0.127. The predicted octanol–water partition coefficient (Wildman–Crippen LogP) is 4.19. The molecule has 0 radical (unpaired) electrons. The number of ether oxygens (including phenoxy) is 1. The summed E-state index contributed by atoms with van der Waals surface area (Å²) >= 11 is 6.05. The molecule has 0 amide bonds. The van der Waals surface area contributed by atoms with Gasteiger partial charge in [-0.05, 0) is 19.1 Å². The normalized spacial score (nSPS) is 11.4. The van der Waals surface area contributed by atoms with Crippen molar-refractivity contribution in [3.63, 3.8) is 0 Å². The van der Waals surface area contributed by atoms with Gasteiger partial charge in [0.25, 0.3) is 6.43 Å². The molecule has 3 aromatic heterocycles. The van der Waals surface area contributed by atoms with Crippen molar-refractivity contribution in [3.05, 3.63) is 47.4 Å². The summed E-state index contributed by atoms with van der Waals surface area (Å²) in [5, 5.41) is 7.47. The number of nitrogens with zero attached hydrogens (tertiary/aromatic N) is 5. The van der Waals surface area contributed by atoms with E-state index in [1.54, 1.807) is 16.8 Å². The fourth-order valence-corrected chi connectivity index (χ4v) is 3.05. The molecule has 3 heterocycles. The van der Waals surface area contributed by atoms with Crippen molar-refractivity contribution in [1.29, 1.82) is 0 Å². The zero-order valence-corrected chi connectivity index (χ0v) is 15.5. The van der Waals surface area contributed by atoms with Gasteiger partial charge in [0.15, 0.2) is 17.2 Å². The summed E-state index contributed by atoms with van der Waals surface area (Å²) in [5.74, 6) is 0.687. The Hall–Kier alpha value is -3.27. The summed E-state index contributed by atoms with van der Waals surface area (Å²) in [6.45, 7) is 1.81. The van der Waals surface area contributed by atoms with E-state index in [0.29, 0.717) is 28.6 Å². The van der Waals surface area contributed by atoms with E-state index in [2.05, 4.69) is 30.4 Å². The number of para-hydroxylation sites is 1. The second-order valence-corrected chi connectivity index (χ2v) is 6.20. The van der Waals surface area contributed by atoms with Crippen LogP contribution in [0.3, 0.4) is 0 Å². The number of hydrogen-bond donors (Lipinski definition) is 2. The van der Waals surface area contributed by atoms with Crippen LogP contribution >= 0.6 is 11.6 Å². The van der Waals surface area contributed by atoms with Crippen molar-refractivity contribution in [2.45, 2.75) is 13.3 Å². The molecule has 0 aliphatic carbocycles. The van der Waals surface area contributed by atoms with Gasteiger partial charge in [0.1, 0.15) is 28.5 Å². The highest BCUT2D eigenvalue weighted by molar-refractivity contribution is 6.30. The highest BCUT2D eigenvalue weighted by Gasteiger charge is 2.19. The number of nitrogens with one attached hydrogen (secondary N) is 2. The van der Waals surface area contributed by atoms with Gasteiger partial charge in [-0.25, -0.2) is 28.4 Å². The van der Waals surface area contributed by atoms with E-state index in [4.69, 9.17) is 16.3 Å². The topological polar surface area (TPSA) is 93.5 Å². The third-order valence-electron chi connectivity index (χ3n) is 4.06. The third-order valence-corrected chi connectivity index (χ3v) is 4.25. The average Bonchev–Trinajstić information content (AvgIpc) is 3.27. The van der Waals surface area contributed by atoms with Crippen LogP contribution in [0.25, 0.3) is 16.9 Å². The number of imidazole rings is 1. The lowest BCUT2D eigenvalue weighted by atomic mass is 10.2. The molecule has 0 aliphatic heterocycles. The maximum absolute atomic E-state index is 13.0. The Morgan fingerprint density at radius 2 is 2.07 bits per heavy atom. The number of halogens is 3. The Kier molecular flexibility index (Phi) is 4.55. The van der Waals surface area contributed by atoms with Gasteiger partial charge in [-0.1, -0.05) is 17.7 Å². The lowest BCUT2D eigenvalue weighted by Crippen LogP contribution is -2.04.